The highest BCUT2D eigenvalue weighted by Gasteiger charge is 2.33. The van der Waals surface area contributed by atoms with Crippen molar-refractivity contribution >= 4 is 15.7 Å². The van der Waals surface area contributed by atoms with Gasteiger partial charge in [0.25, 0.3) is 0 Å². The molecule has 0 aromatic carbocycles. The summed E-state index contributed by atoms with van der Waals surface area (Å²) in [6.45, 7) is 4.23. The highest BCUT2D eigenvalue weighted by atomic mass is 32.2. The van der Waals surface area contributed by atoms with Gasteiger partial charge in [-0.1, -0.05) is 6.92 Å². The quantitative estimate of drug-likeness (QED) is 0.828. The third-order valence-corrected chi connectivity index (χ3v) is 6.59. The first-order valence-electron chi connectivity index (χ1n) is 7.56. The Morgan fingerprint density at radius 3 is 2.50 bits per heavy atom. The smallest absolute Gasteiger partial charge is 0.222 e. The van der Waals surface area contributed by atoms with Crippen molar-refractivity contribution in [2.75, 3.05) is 31.6 Å². The van der Waals surface area contributed by atoms with Crippen molar-refractivity contribution in [2.24, 2.45) is 11.8 Å². The van der Waals surface area contributed by atoms with Crippen LogP contribution in [0.2, 0.25) is 0 Å². The minimum atomic E-state index is -2.93. The molecule has 1 amide bonds. The third kappa shape index (κ3) is 3.95. The van der Waals surface area contributed by atoms with E-state index in [2.05, 4.69) is 12.2 Å². The summed E-state index contributed by atoms with van der Waals surface area (Å²) in [5, 5.41) is 3.34. The molecule has 5 nitrogen and oxygen atoms in total. The number of piperidine rings is 1. The fraction of sp³-hybridized carbons (Fsp3) is 0.929. The first kappa shape index (κ1) is 15.8. The van der Waals surface area contributed by atoms with Crippen LogP contribution in [0.1, 0.15) is 32.6 Å². The Kier molecular flexibility index (Phi) is 5.07. The van der Waals surface area contributed by atoms with E-state index in [-0.39, 0.29) is 23.5 Å². The van der Waals surface area contributed by atoms with Gasteiger partial charge in [0.05, 0.1) is 11.5 Å². The van der Waals surface area contributed by atoms with Crippen molar-refractivity contribution in [1.29, 1.82) is 0 Å². The van der Waals surface area contributed by atoms with Gasteiger partial charge in [-0.05, 0) is 44.2 Å². The number of hydrogen-bond donors (Lipinski definition) is 1. The summed E-state index contributed by atoms with van der Waals surface area (Å²) in [5.41, 5.74) is 0. The Morgan fingerprint density at radius 1 is 1.30 bits per heavy atom. The molecule has 2 aliphatic rings. The van der Waals surface area contributed by atoms with Gasteiger partial charge >= 0.3 is 0 Å². The second kappa shape index (κ2) is 6.43. The maximum atomic E-state index is 12.3. The van der Waals surface area contributed by atoms with Crippen molar-refractivity contribution in [3.05, 3.63) is 0 Å². The molecule has 2 fully saturated rings. The molecule has 1 N–H and O–H groups in total. The van der Waals surface area contributed by atoms with Crippen molar-refractivity contribution in [1.82, 2.24) is 10.2 Å². The lowest BCUT2D eigenvalue weighted by molar-refractivity contribution is -0.132. The topological polar surface area (TPSA) is 66.5 Å². The molecule has 0 aromatic rings. The van der Waals surface area contributed by atoms with Gasteiger partial charge in [0.1, 0.15) is 0 Å². The molecule has 0 aromatic heterocycles. The van der Waals surface area contributed by atoms with E-state index in [1.807, 2.05) is 0 Å². The Hall–Kier alpha value is -0.620. The van der Waals surface area contributed by atoms with Gasteiger partial charge in [0.2, 0.25) is 5.91 Å². The molecule has 0 aliphatic carbocycles. The van der Waals surface area contributed by atoms with Crippen LogP contribution < -0.4 is 5.32 Å². The molecule has 0 spiro atoms. The number of sulfone groups is 1. The maximum absolute atomic E-state index is 12.3. The lowest BCUT2D eigenvalue weighted by atomic mass is 9.84. The van der Waals surface area contributed by atoms with E-state index >= 15 is 0 Å². The van der Waals surface area contributed by atoms with Gasteiger partial charge in [-0.25, -0.2) is 8.42 Å². The number of amides is 1. The standard InChI is InChI=1S/C14H26N2O3S/c1-11(12-3-6-15-7-4-12)9-14(17)16(2)13-5-8-20(18,19)10-13/h11-13,15H,3-10H2,1-2H3. The number of carbonyl (C=O) groups excluding carboxylic acids is 1. The summed E-state index contributed by atoms with van der Waals surface area (Å²) in [6.07, 6.45) is 3.40. The molecule has 2 saturated heterocycles. The van der Waals surface area contributed by atoms with E-state index in [1.165, 1.54) is 0 Å². The zero-order valence-corrected chi connectivity index (χ0v) is 13.3. The first-order chi connectivity index (χ1) is 9.39. The number of carbonyl (C=O) groups is 1. The summed E-state index contributed by atoms with van der Waals surface area (Å²) in [6, 6.07) is -0.118. The molecule has 0 bridgehead atoms. The van der Waals surface area contributed by atoms with Gasteiger partial charge in [-0.15, -0.1) is 0 Å². The fourth-order valence-electron chi connectivity index (χ4n) is 3.28. The van der Waals surface area contributed by atoms with E-state index in [0.717, 1.165) is 25.9 Å². The van der Waals surface area contributed by atoms with Crippen LogP contribution in [0.4, 0.5) is 0 Å². The Bertz CT molecular complexity index is 443. The molecule has 0 radical (unpaired) electrons. The predicted octanol–water partition coefficient (Wildman–Crippen LogP) is 0.658. The van der Waals surface area contributed by atoms with Crippen molar-refractivity contribution in [3.8, 4) is 0 Å². The monoisotopic (exact) mass is 302 g/mol. The SMILES string of the molecule is CC(CC(=O)N(C)C1CCS(=O)(=O)C1)C1CCNCC1. The molecule has 2 atom stereocenters. The highest BCUT2D eigenvalue weighted by molar-refractivity contribution is 7.91. The van der Waals surface area contributed by atoms with Gasteiger partial charge in [-0.3, -0.25) is 4.79 Å². The lowest BCUT2D eigenvalue weighted by Crippen LogP contribution is -2.39. The van der Waals surface area contributed by atoms with Gasteiger partial charge in [-0.2, -0.15) is 0 Å². The summed E-state index contributed by atoms with van der Waals surface area (Å²) in [7, 11) is -1.17. The van der Waals surface area contributed by atoms with E-state index in [1.54, 1.807) is 11.9 Å². The van der Waals surface area contributed by atoms with Crippen molar-refractivity contribution in [2.45, 2.75) is 38.6 Å². The van der Waals surface area contributed by atoms with Crippen LogP contribution in [-0.4, -0.2) is 56.9 Å². The molecule has 6 heteroatoms. The molecule has 2 unspecified atom stereocenters. The van der Waals surface area contributed by atoms with Crippen LogP contribution in [0.25, 0.3) is 0 Å². The van der Waals surface area contributed by atoms with Gasteiger partial charge < -0.3 is 10.2 Å². The number of nitrogens with zero attached hydrogens (tertiary/aromatic N) is 1. The van der Waals surface area contributed by atoms with Gasteiger partial charge in [0, 0.05) is 19.5 Å². The molecule has 116 valence electrons. The fourth-order valence-corrected chi connectivity index (χ4v) is 5.06. The van der Waals surface area contributed by atoms with Crippen LogP contribution in [0.3, 0.4) is 0 Å². The minimum Gasteiger partial charge on any atom is -0.342 e. The Morgan fingerprint density at radius 2 is 1.95 bits per heavy atom. The van der Waals surface area contributed by atoms with Gasteiger partial charge in [0.15, 0.2) is 9.84 Å². The van der Waals surface area contributed by atoms with E-state index in [0.29, 0.717) is 24.7 Å². The molecule has 2 rings (SSSR count). The average Bonchev–Trinajstić information content (AvgIpc) is 2.79. The Labute approximate surface area is 122 Å². The maximum Gasteiger partial charge on any atom is 0.222 e. The van der Waals surface area contributed by atoms with Crippen LogP contribution in [0.15, 0.2) is 0 Å². The second-order valence-electron chi connectivity index (χ2n) is 6.33. The Balaban J connectivity index is 1.84. The van der Waals surface area contributed by atoms with Crippen LogP contribution in [0.5, 0.6) is 0 Å². The molecular formula is C14H26N2O3S. The molecule has 2 heterocycles. The van der Waals surface area contributed by atoms with Crippen LogP contribution in [0, 0.1) is 11.8 Å². The second-order valence-corrected chi connectivity index (χ2v) is 8.56. The minimum absolute atomic E-state index is 0.0955. The highest BCUT2D eigenvalue weighted by Crippen LogP contribution is 2.26. The van der Waals surface area contributed by atoms with E-state index < -0.39 is 9.84 Å². The lowest BCUT2D eigenvalue weighted by Gasteiger charge is -2.30. The number of hydrogen-bond acceptors (Lipinski definition) is 4. The zero-order chi connectivity index (χ0) is 14.8. The largest absolute Gasteiger partial charge is 0.342 e. The zero-order valence-electron chi connectivity index (χ0n) is 12.5. The first-order valence-corrected chi connectivity index (χ1v) is 9.38. The number of rotatable bonds is 4. The summed E-state index contributed by atoms with van der Waals surface area (Å²) in [4.78, 5) is 14.0. The molecule has 0 saturated carbocycles. The van der Waals surface area contributed by atoms with E-state index in [9.17, 15) is 13.2 Å². The number of nitrogens with one attached hydrogen (secondary N) is 1. The predicted molar refractivity (Wildman–Crippen MR) is 79.2 cm³/mol. The van der Waals surface area contributed by atoms with E-state index in [4.69, 9.17) is 0 Å². The average molecular weight is 302 g/mol. The van der Waals surface area contributed by atoms with Crippen molar-refractivity contribution in [3.63, 3.8) is 0 Å². The molecular weight excluding hydrogens is 276 g/mol. The normalized spacial score (nSPS) is 28.2. The molecule has 2 aliphatic heterocycles. The van der Waals surface area contributed by atoms with Crippen LogP contribution >= 0.6 is 0 Å². The summed E-state index contributed by atoms with van der Waals surface area (Å²) < 4.78 is 23.0. The van der Waals surface area contributed by atoms with Crippen LogP contribution in [-0.2, 0) is 14.6 Å². The summed E-state index contributed by atoms with van der Waals surface area (Å²) >= 11 is 0. The third-order valence-electron chi connectivity index (χ3n) is 4.83. The molecule has 20 heavy (non-hydrogen) atoms. The summed E-state index contributed by atoms with van der Waals surface area (Å²) in [5.74, 6) is 1.44. The van der Waals surface area contributed by atoms with Crippen molar-refractivity contribution < 1.29 is 13.2 Å².